The molecular formula is C41H49N5O9S2. The van der Waals surface area contributed by atoms with Crippen molar-refractivity contribution in [3.05, 3.63) is 72.3 Å². The molecule has 3 aromatic rings. The number of hydrogen-bond donors (Lipinski definition) is 3. The summed E-state index contributed by atoms with van der Waals surface area (Å²) in [4.78, 5) is 75.2. The van der Waals surface area contributed by atoms with Gasteiger partial charge in [-0.05, 0) is 101 Å². The Morgan fingerprint density at radius 1 is 1.12 bits per heavy atom. The van der Waals surface area contributed by atoms with Crippen LogP contribution < -0.4 is 20.1 Å². The number of hydrogen-bond acceptors (Lipinski definition) is 11. The third-order valence-electron chi connectivity index (χ3n) is 10.0. The van der Waals surface area contributed by atoms with Crippen LogP contribution >= 0.6 is 11.3 Å². The van der Waals surface area contributed by atoms with E-state index in [0.29, 0.717) is 12.8 Å². The summed E-state index contributed by atoms with van der Waals surface area (Å²) in [5.74, 6) is -2.80. The minimum atomic E-state index is -3.94. The van der Waals surface area contributed by atoms with Crippen LogP contribution in [0, 0.1) is 5.92 Å². The van der Waals surface area contributed by atoms with Crippen molar-refractivity contribution < 1.29 is 41.9 Å². The van der Waals surface area contributed by atoms with Gasteiger partial charge in [-0.2, -0.15) is 0 Å². The van der Waals surface area contributed by atoms with E-state index in [-0.39, 0.29) is 43.9 Å². The molecule has 3 fully saturated rings. The number of likely N-dealkylation sites (tertiary alicyclic amines) is 1. The highest BCUT2D eigenvalue weighted by atomic mass is 32.2. The summed E-state index contributed by atoms with van der Waals surface area (Å²) in [5.41, 5.74) is -0.769. The summed E-state index contributed by atoms with van der Waals surface area (Å²) in [5, 5.41) is 8.28. The second kappa shape index (κ2) is 16.4. The quantitative estimate of drug-likeness (QED) is 0.136. The van der Waals surface area contributed by atoms with Crippen LogP contribution in [0.3, 0.4) is 0 Å². The molecule has 1 saturated heterocycles. The predicted octanol–water partition coefficient (Wildman–Crippen LogP) is 5.19. The van der Waals surface area contributed by atoms with Crippen LogP contribution in [0.25, 0.3) is 21.2 Å². The second-order valence-corrected chi connectivity index (χ2v) is 19.0. The third kappa shape index (κ3) is 9.90. The summed E-state index contributed by atoms with van der Waals surface area (Å²) in [6.07, 6.45) is 3.63. The maximum Gasteiger partial charge on any atom is 0.408 e. The van der Waals surface area contributed by atoms with Crippen molar-refractivity contribution in [2.75, 3.05) is 6.54 Å². The molecule has 0 spiro atoms. The lowest BCUT2D eigenvalue weighted by molar-refractivity contribution is -0.141. The van der Waals surface area contributed by atoms with Crippen molar-refractivity contribution in [1.82, 2.24) is 25.2 Å². The largest absolute Gasteiger partial charge is 0.472 e. The number of pyridine rings is 1. The predicted molar refractivity (Wildman–Crippen MR) is 216 cm³/mol. The topological polar surface area (TPSA) is 190 Å². The number of alkyl carbamates (subject to hydrolysis) is 1. The molecule has 5 atom stereocenters. The van der Waals surface area contributed by atoms with E-state index >= 15 is 0 Å². The number of carbonyl (C=O) groups is 5. The molecule has 57 heavy (non-hydrogen) atoms. The van der Waals surface area contributed by atoms with Gasteiger partial charge in [0.25, 0.3) is 5.91 Å². The van der Waals surface area contributed by atoms with E-state index in [4.69, 9.17) is 9.47 Å². The number of allylic oxidation sites excluding steroid dienone is 2. The molecule has 3 N–H and O–H groups in total. The average Bonchev–Trinajstić information content (AvgIpc) is 4.01. The van der Waals surface area contributed by atoms with Gasteiger partial charge in [0.05, 0.1) is 11.8 Å². The van der Waals surface area contributed by atoms with Gasteiger partial charge >= 0.3 is 6.09 Å². The number of amides is 4. The number of sulfonamides is 1. The zero-order valence-corrected chi connectivity index (χ0v) is 34.3. The SMILES string of the molecule is C=C[C@@H]1C[C@]1(NC(=O)[C@@H]1C[C@@H](Oc2nccc3ccc(-c4cccs4)cc23)CN1C(=O)[C@H](CCC(=O)C=C(C)C)NC(=O)OC(C)(C)C)C(=O)NS(=O)(=O)C1CC1. The van der Waals surface area contributed by atoms with E-state index in [9.17, 15) is 32.4 Å². The molecule has 6 rings (SSSR count). The van der Waals surface area contributed by atoms with E-state index < -0.39 is 74.3 Å². The number of carbonyl (C=O) groups excluding carboxylic acids is 5. The summed E-state index contributed by atoms with van der Waals surface area (Å²) < 4.78 is 39.6. The molecule has 14 nitrogen and oxygen atoms in total. The van der Waals surface area contributed by atoms with Crippen molar-refractivity contribution >= 4 is 61.7 Å². The number of benzene rings is 1. The first-order chi connectivity index (χ1) is 26.9. The van der Waals surface area contributed by atoms with Gasteiger partial charge < -0.3 is 25.0 Å². The molecule has 2 aromatic heterocycles. The minimum absolute atomic E-state index is 0.0348. The molecule has 1 aromatic carbocycles. The van der Waals surface area contributed by atoms with Crippen LogP contribution in [0.4, 0.5) is 4.79 Å². The Labute approximate surface area is 336 Å². The smallest absolute Gasteiger partial charge is 0.408 e. The van der Waals surface area contributed by atoms with Gasteiger partial charge in [0.1, 0.15) is 29.3 Å². The molecule has 0 unspecified atom stereocenters. The Bertz CT molecular complexity index is 2210. The van der Waals surface area contributed by atoms with Crippen LogP contribution in [-0.4, -0.2) is 89.0 Å². The lowest BCUT2D eigenvalue weighted by atomic mass is 10.1. The highest BCUT2D eigenvalue weighted by Crippen LogP contribution is 2.45. The second-order valence-electron chi connectivity index (χ2n) is 16.1. The Morgan fingerprint density at radius 2 is 1.88 bits per heavy atom. The van der Waals surface area contributed by atoms with Gasteiger partial charge in [-0.25, -0.2) is 18.2 Å². The molecule has 2 saturated carbocycles. The van der Waals surface area contributed by atoms with E-state index in [1.54, 1.807) is 52.2 Å². The van der Waals surface area contributed by atoms with Crippen molar-refractivity contribution in [3.8, 4) is 16.3 Å². The third-order valence-corrected chi connectivity index (χ3v) is 12.8. The number of ketones is 1. The van der Waals surface area contributed by atoms with Gasteiger partial charge in [-0.3, -0.25) is 23.9 Å². The molecular weight excluding hydrogens is 771 g/mol. The highest BCUT2D eigenvalue weighted by Gasteiger charge is 2.62. The van der Waals surface area contributed by atoms with Gasteiger partial charge in [0.15, 0.2) is 5.78 Å². The molecule has 0 radical (unpaired) electrons. The molecule has 4 amide bonds. The summed E-state index contributed by atoms with van der Waals surface area (Å²) in [6.45, 7) is 12.2. The number of ether oxygens (including phenoxy) is 2. The van der Waals surface area contributed by atoms with Crippen LogP contribution in [0.1, 0.15) is 73.1 Å². The maximum atomic E-state index is 14.6. The Morgan fingerprint density at radius 3 is 2.51 bits per heavy atom. The highest BCUT2D eigenvalue weighted by molar-refractivity contribution is 7.91. The van der Waals surface area contributed by atoms with E-state index in [1.165, 1.54) is 17.1 Å². The molecule has 2 aliphatic carbocycles. The number of nitrogens with zero attached hydrogens (tertiary/aromatic N) is 2. The Balaban J connectivity index is 1.31. The maximum absolute atomic E-state index is 14.6. The summed E-state index contributed by atoms with van der Waals surface area (Å²) in [7, 11) is -3.94. The van der Waals surface area contributed by atoms with Crippen molar-refractivity contribution in [2.45, 2.75) is 108 Å². The zero-order chi connectivity index (χ0) is 41.3. The van der Waals surface area contributed by atoms with Gasteiger partial charge in [-0.1, -0.05) is 29.8 Å². The van der Waals surface area contributed by atoms with Crippen molar-refractivity contribution in [1.29, 1.82) is 0 Å². The Kier molecular flexibility index (Phi) is 12.0. The van der Waals surface area contributed by atoms with Crippen LogP contribution in [0.5, 0.6) is 5.88 Å². The average molecular weight is 820 g/mol. The monoisotopic (exact) mass is 819 g/mol. The number of thiophene rings is 1. The molecule has 3 aliphatic rings. The number of fused-ring (bicyclic) bond motifs is 1. The molecule has 16 heteroatoms. The fraction of sp³-hybridized carbons (Fsp3) is 0.463. The molecule has 3 heterocycles. The van der Waals surface area contributed by atoms with E-state index in [1.807, 2.05) is 41.8 Å². The standard InChI is InChI=1S/C41H49N5O9S2/c1-7-27-22-41(27,38(50)45-57(52,53)30-13-14-30)44-35(48)33-21-29(54-36-31-20-26(34-9-8-18-56-34)11-10-25(31)16-17-42-36)23-46(33)37(49)32(15-12-28(47)19-24(2)3)43-39(51)55-40(4,5)6/h7-11,16-20,27,29-30,32-33H,1,12-15,21-23H2,2-6H3,(H,43,51)(H,44,48)(H,45,50)/t27-,29-,32+,33+,41-/m1/s1. The van der Waals surface area contributed by atoms with Crippen molar-refractivity contribution in [3.63, 3.8) is 0 Å². The van der Waals surface area contributed by atoms with Gasteiger partial charge in [-0.15, -0.1) is 17.9 Å². The summed E-state index contributed by atoms with van der Waals surface area (Å²) in [6, 6.07) is 9.24. The van der Waals surface area contributed by atoms with E-state index in [2.05, 4.69) is 26.9 Å². The number of aromatic nitrogens is 1. The molecule has 1 aliphatic heterocycles. The summed E-state index contributed by atoms with van der Waals surface area (Å²) >= 11 is 1.59. The number of rotatable bonds is 15. The van der Waals surface area contributed by atoms with Crippen molar-refractivity contribution in [2.24, 2.45) is 5.92 Å². The van der Waals surface area contributed by atoms with E-state index in [0.717, 1.165) is 26.8 Å². The van der Waals surface area contributed by atoms with Gasteiger partial charge in [0, 0.05) is 35.2 Å². The zero-order valence-electron chi connectivity index (χ0n) is 32.7. The Hall–Kier alpha value is -5.09. The van der Waals surface area contributed by atoms with Crippen LogP contribution in [-0.2, 0) is 33.9 Å². The first-order valence-corrected chi connectivity index (χ1v) is 21.4. The fourth-order valence-corrected chi connectivity index (χ4v) is 9.06. The minimum Gasteiger partial charge on any atom is -0.472 e. The molecule has 0 bridgehead atoms. The van der Waals surface area contributed by atoms with Crippen LogP contribution in [0.2, 0.25) is 0 Å². The van der Waals surface area contributed by atoms with Crippen LogP contribution in [0.15, 0.2) is 72.3 Å². The lowest BCUT2D eigenvalue weighted by Crippen LogP contribution is -2.58. The first kappa shape index (κ1) is 41.5. The first-order valence-electron chi connectivity index (χ1n) is 19.0. The molecule has 304 valence electrons. The van der Waals surface area contributed by atoms with Gasteiger partial charge in [0.2, 0.25) is 27.7 Å². The lowest BCUT2D eigenvalue weighted by Gasteiger charge is -2.30. The number of nitrogens with one attached hydrogen (secondary N) is 3. The fourth-order valence-electron chi connectivity index (χ4n) is 6.97. The normalized spacial score (nSPS) is 22.2.